The first-order chi connectivity index (χ1) is 7.70. The molecule has 2 heterocycles. The zero-order chi connectivity index (χ0) is 11.5. The standard InChI is InChI=1S/C10H16N2O3S/c13-9(14)8-2-1-3-12(8)10(15)11-4-6-16-7-5-11/h8H,1-7H2,(H,13,14)/t8-/m1/s1. The molecular weight excluding hydrogens is 228 g/mol. The second-order valence-electron chi connectivity index (χ2n) is 4.07. The van der Waals surface area contributed by atoms with Gasteiger partial charge in [-0.3, -0.25) is 0 Å². The molecule has 2 rings (SSSR count). The van der Waals surface area contributed by atoms with Crippen LogP contribution in [0.4, 0.5) is 4.79 Å². The highest BCUT2D eigenvalue weighted by Crippen LogP contribution is 2.20. The van der Waals surface area contributed by atoms with Gasteiger partial charge < -0.3 is 14.9 Å². The summed E-state index contributed by atoms with van der Waals surface area (Å²) in [5, 5.41) is 9.01. The molecular formula is C10H16N2O3S. The maximum atomic E-state index is 12.1. The molecule has 0 radical (unpaired) electrons. The van der Waals surface area contributed by atoms with Crippen LogP contribution < -0.4 is 0 Å². The van der Waals surface area contributed by atoms with Crippen LogP contribution in [0.3, 0.4) is 0 Å². The summed E-state index contributed by atoms with van der Waals surface area (Å²) in [4.78, 5) is 26.4. The van der Waals surface area contributed by atoms with E-state index in [-0.39, 0.29) is 6.03 Å². The average Bonchev–Trinajstić information content (AvgIpc) is 2.78. The van der Waals surface area contributed by atoms with Crippen LogP contribution in [0, 0.1) is 0 Å². The maximum Gasteiger partial charge on any atom is 0.326 e. The average molecular weight is 244 g/mol. The fourth-order valence-electron chi connectivity index (χ4n) is 2.19. The number of urea groups is 1. The summed E-state index contributed by atoms with van der Waals surface area (Å²) < 4.78 is 0. The number of carboxylic acid groups (broad SMARTS) is 1. The van der Waals surface area contributed by atoms with Crippen LogP contribution in [-0.2, 0) is 4.79 Å². The van der Waals surface area contributed by atoms with Gasteiger partial charge in [-0.1, -0.05) is 0 Å². The number of hydrogen-bond acceptors (Lipinski definition) is 3. The summed E-state index contributed by atoms with van der Waals surface area (Å²) in [6.07, 6.45) is 1.38. The minimum atomic E-state index is -0.878. The second-order valence-corrected chi connectivity index (χ2v) is 5.30. The Kier molecular flexibility index (Phi) is 3.58. The van der Waals surface area contributed by atoms with Gasteiger partial charge in [-0.2, -0.15) is 11.8 Å². The lowest BCUT2D eigenvalue weighted by molar-refractivity contribution is -0.141. The van der Waals surface area contributed by atoms with Crippen LogP contribution in [0.2, 0.25) is 0 Å². The molecule has 0 aromatic carbocycles. The fourth-order valence-corrected chi connectivity index (χ4v) is 3.09. The van der Waals surface area contributed by atoms with E-state index in [1.165, 1.54) is 4.90 Å². The molecule has 90 valence electrons. The van der Waals surface area contributed by atoms with Crippen molar-refractivity contribution in [2.24, 2.45) is 0 Å². The normalized spacial score (nSPS) is 25.9. The van der Waals surface area contributed by atoms with Crippen molar-refractivity contribution in [1.29, 1.82) is 0 Å². The Balaban J connectivity index is 1.99. The number of amides is 2. The lowest BCUT2D eigenvalue weighted by Crippen LogP contribution is -2.50. The van der Waals surface area contributed by atoms with Crippen LogP contribution in [0.15, 0.2) is 0 Å². The molecule has 0 aromatic heterocycles. The van der Waals surface area contributed by atoms with E-state index in [0.29, 0.717) is 13.0 Å². The number of rotatable bonds is 1. The lowest BCUT2D eigenvalue weighted by Gasteiger charge is -2.32. The predicted octanol–water partition coefficient (Wildman–Crippen LogP) is 0.704. The molecule has 0 spiro atoms. The molecule has 0 aliphatic carbocycles. The minimum Gasteiger partial charge on any atom is -0.480 e. The number of nitrogens with zero attached hydrogens (tertiary/aromatic N) is 2. The number of carbonyl (C=O) groups excluding carboxylic acids is 1. The fraction of sp³-hybridized carbons (Fsp3) is 0.800. The number of hydrogen-bond donors (Lipinski definition) is 1. The van der Waals surface area contributed by atoms with Crippen molar-refractivity contribution in [3.8, 4) is 0 Å². The molecule has 2 fully saturated rings. The molecule has 6 heteroatoms. The van der Waals surface area contributed by atoms with E-state index in [9.17, 15) is 9.59 Å². The number of carboxylic acids is 1. The Hall–Kier alpha value is -0.910. The van der Waals surface area contributed by atoms with Gasteiger partial charge in [-0.05, 0) is 12.8 Å². The highest BCUT2D eigenvalue weighted by atomic mass is 32.2. The molecule has 2 aliphatic heterocycles. The molecule has 5 nitrogen and oxygen atoms in total. The van der Waals surface area contributed by atoms with Gasteiger partial charge in [0.1, 0.15) is 6.04 Å². The number of carbonyl (C=O) groups is 2. The first-order valence-corrected chi connectivity index (χ1v) is 6.71. The van der Waals surface area contributed by atoms with E-state index in [0.717, 1.165) is 31.0 Å². The zero-order valence-electron chi connectivity index (χ0n) is 9.09. The molecule has 1 atom stereocenters. The van der Waals surface area contributed by atoms with Crippen LogP contribution in [0.5, 0.6) is 0 Å². The molecule has 0 saturated carbocycles. The van der Waals surface area contributed by atoms with Crippen LogP contribution in [0.25, 0.3) is 0 Å². The highest BCUT2D eigenvalue weighted by Gasteiger charge is 2.36. The van der Waals surface area contributed by atoms with Crippen molar-refractivity contribution < 1.29 is 14.7 Å². The van der Waals surface area contributed by atoms with E-state index >= 15 is 0 Å². The summed E-state index contributed by atoms with van der Waals surface area (Å²) in [5.41, 5.74) is 0. The van der Waals surface area contributed by atoms with Gasteiger partial charge in [-0.15, -0.1) is 0 Å². The van der Waals surface area contributed by atoms with Crippen LogP contribution >= 0.6 is 11.8 Å². The SMILES string of the molecule is O=C(O)[C@H]1CCCN1C(=O)N1CCSCC1. The quantitative estimate of drug-likeness (QED) is 0.737. The van der Waals surface area contributed by atoms with Gasteiger partial charge in [0.2, 0.25) is 0 Å². The number of thioether (sulfide) groups is 1. The van der Waals surface area contributed by atoms with Crippen molar-refractivity contribution in [2.75, 3.05) is 31.1 Å². The summed E-state index contributed by atoms with van der Waals surface area (Å²) in [5.74, 6) is 1.03. The van der Waals surface area contributed by atoms with E-state index in [2.05, 4.69) is 0 Å². The Morgan fingerprint density at radius 2 is 1.88 bits per heavy atom. The third kappa shape index (κ3) is 2.26. The Morgan fingerprint density at radius 1 is 1.19 bits per heavy atom. The molecule has 16 heavy (non-hydrogen) atoms. The Morgan fingerprint density at radius 3 is 2.50 bits per heavy atom. The second kappa shape index (κ2) is 4.95. The van der Waals surface area contributed by atoms with Crippen LogP contribution in [0.1, 0.15) is 12.8 Å². The van der Waals surface area contributed by atoms with E-state index < -0.39 is 12.0 Å². The first-order valence-electron chi connectivity index (χ1n) is 5.56. The van der Waals surface area contributed by atoms with Crippen molar-refractivity contribution in [2.45, 2.75) is 18.9 Å². The van der Waals surface area contributed by atoms with Gasteiger partial charge >= 0.3 is 12.0 Å². The predicted molar refractivity (Wildman–Crippen MR) is 61.7 cm³/mol. The van der Waals surface area contributed by atoms with Gasteiger partial charge in [0, 0.05) is 31.1 Å². The monoisotopic (exact) mass is 244 g/mol. The molecule has 0 bridgehead atoms. The van der Waals surface area contributed by atoms with Gasteiger partial charge in [0.25, 0.3) is 0 Å². The van der Waals surface area contributed by atoms with E-state index in [1.807, 2.05) is 11.8 Å². The molecule has 2 aliphatic rings. The largest absolute Gasteiger partial charge is 0.480 e. The maximum absolute atomic E-state index is 12.1. The molecule has 0 unspecified atom stereocenters. The van der Waals surface area contributed by atoms with Gasteiger partial charge in [0.15, 0.2) is 0 Å². The van der Waals surface area contributed by atoms with Gasteiger partial charge in [-0.25, -0.2) is 9.59 Å². The topological polar surface area (TPSA) is 60.9 Å². The number of likely N-dealkylation sites (tertiary alicyclic amines) is 1. The first kappa shape index (κ1) is 11.6. The lowest BCUT2D eigenvalue weighted by atomic mass is 10.2. The minimum absolute atomic E-state index is 0.0924. The summed E-state index contributed by atoms with van der Waals surface area (Å²) in [6, 6.07) is -0.702. The van der Waals surface area contributed by atoms with E-state index in [4.69, 9.17) is 5.11 Å². The Labute approximate surface area is 98.8 Å². The molecule has 2 saturated heterocycles. The molecule has 2 amide bonds. The van der Waals surface area contributed by atoms with Crippen molar-refractivity contribution >= 4 is 23.8 Å². The zero-order valence-corrected chi connectivity index (χ0v) is 9.91. The van der Waals surface area contributed by atoms with Crippen molar-refractivity contribution in [3.63, 3.8) is 0 Å². The Bertz CT molecular complexity index is 292. The summed E-state index contributed by atoms with van der Waals surface area (Å²) in [7, 11) is 0. The van der Waals surface area contributed by atoms with Crippen LogP contribution in [-0.4, -0.2) is 64.1 Å². The molecule has 1 N–H and O–H groups in total. The van der Waals surface area contributed by atoms with Crippen molar-refractivity contribution in [1.82, 2.24) is 9.80 Å². The third-order valence-electron chi connectivity index (χ3n) is 3.07. The van der Waals surface area contributed by atoms with E-state index in [1.54, 1.807) is 4.90 Å². The highest BCUT2D eigenvalue weighted by molar-refractivity contribution is 7.99. The number of aliphatic carboxylic acids is 1. The summed E-state index contributed by atoms with van der Waals surface area (Å²) in [6.45, 7) is 2.07. The summed E-state index contributed by atoms with van der Waals surface area (Å²) >= 11 is 1.84. The van der Waals surface area contributed by atoms with Gasteiger partial charge in [0.05, 0.1) is 0 Å². The third-order valence-corrected chi connectivity index (χ3v) is 4.01. The smallest absolute Gasteiger partial charge is 0.326 e. The van der Waals surface area contributed by atoms with Crippen molar-refractivity contribution in [3.05, 3.63) is 0 Å². The molecule has 0 aromatic rings.